The Bertz CT molecular complexity index is 1130. The molecule has 0 N–H and O–H groups in total. The van der Waals surface area contributed by atoms with Crippen LogP contribution < -0.4 is 0 Å². The molecule has 2 unspecified atom stereocenters. The smallest absolute Gasteiger partial charge is 0.175 e. The molecule has 34 heavy (non-hydrogen) atoms. The molecule has 2 aliphatic heterocycles. The second-order valence-corrected chi connectivity index (χ2v) is 10.2. The van der Waals surface area contributed by atoms with Crippen LogP contribution in [0.2, 0.25) is 0 Å². The number of ketones is 1. The van der Waals surface area contributed by atoms with Crippen LogP contribution in [-0.2, 0) is 22.6 Å². The summed E-state index contributed by atoms with van der Waals surface area (Å²) in [6, 6.07) is 12.3. The van der Waals surface area contributed by atoms with Gasteiger partial charge in [-0.05, 0) is 51.2 Å². The van der Waals surface area contributed by atoms with Crippen LogP contribution in [-0.4, -0.2) is 51.1 Å². The van der Waals surface area contributed by atoms with E-state index in [1.165, 1.54) is 11.8 Å². The van der Waals surface area contributed by atoms with E-state index in [0.29, 0.717) is 5.75 Å². The number of thioether (sulfide) groups is 1. The van der Waals surface area contributed by atoms with E-state index in [1.807, 2.05) is 37.4 Å². The molecule has 0 amide bonds. The van der Waals surface area contributed by atoms with Crippen molar-refractivity contribution in [3.8, 4) is 11.3 Å². The van der Waals surface area contributed by atoms with E-state index < -0.39 is 0 Å². The van der Waals surface area contributed by atoms with E-state index in [-0.39, 0.29) is 18.0 Å². The number of aromatic nitrogens is 3. The Morgan fingerprint density at radius 2 is 1.71 bits per heavy atom. The molecular formula is C27H33N3O3S. The summed E-state index contributed by atoms with van der Waals surface area (Å²) in [6.07, 6.45) is 6.75. The van der Waals surface area contributed by atoms with Crippen LogP contribution in [0.15, 0.2) is 47.8 Å². The summed E-state index contributed by atoms with van der Waals surface area (Å²) < 4.78 is 16.2. The first kappa shape index (κ1) is 23.4. The molecule has 2 aromatic heterocycles. The Morgan fingerprint density at radius 1 is 1.03 bits per heavy atom. The molecule has 180 valence electrons. The van der Waals surface area contributed by atoms with Gasteiger partial charge in [-0.3, -0.25) is 4.79 Å². The number of carbonyl (C=O) groups excluding carboxylic acids is 1. The zero-order valence-electron chi connectivity index (χ0n) is 20.0. The van der Waals surface area contributed by atoms with Crippen molar-refractivity contribution in [2.45, 2.75) is 70.0 Å². The highest BCUT2D eigenvalue weighted by Crippen LogP contribution is 2.29. The van der Waals surface area contributed by atoms with Gasteiger partial charge in [0.15, 0.2) is 10.9 Å². The minimum atomic E-state index is 0.143. The lowest BCUT2D eigenvalue weighted by atomic mass is 10.1. The van der Waals surface area contributed by atoms with Crippen LogP contribution in [0.25, 0.3) is 11.3 Å². The van der Waals surface area contributed by atoms with Crippen LogP contribution in [0.3, 0.4) is 0 Å². The second-order valence-electron chi connectivity index (χ2n) is 9.28. The molecular weight excluding hydrogens is 446 g/mol. The molecule has 0 spiro atoms. The number of hydrogen-bond donors (Lipinski definition) is 0. The highest BCUT2D eigenvalue weighted by Gasteiger charge is 2.23. The summed E-state index contributed by atoms with van der Waals surface area (Å²) in [5.41, 5.74) is 5.16. The average molecular weight is 480 g/mol. The van der Waals surface area contributed by atoms with Crippen LogP contribution in [0, 0.1) is 13.8 Å². The zero-order chi connectivity index (χ0) is 23.5. The van der Waals surface area contributed by atoms with Crippen molar-refractivity contribution in [2.24, 2.45) is 0 Å². The van der Waals surface area contributed by atoms with Crippen molar-refractivity contribution in [1.29, 1.82) is 0 Å². The molecule has 2 atom stereocenters. The minimum Gasteiger partial charge on any atom is -0.376 e. The molecule has 7 heteroatoms. The number of Topliss-reactive ketones (excluding diaryl/α,β-unsaturated/α-hetero) is 1. The highest BCUT2D eigenvalue weighted by atomic mass is 32.2. The van der Waals surface area contributed by atoms with Gasteiger partial charge in [-0.15, -0.1) is 0 Å². The number of hydrogen-bond acceptors (Lipinski definition) is 5. The quantitative estimate of drug-likeness (QED) is 0.308. The number of rotatable bonds is 9. The second kappa shape index (κ2) is 10.5. The van der Waals surface area contributed by atoms with E-state index in [4.69, 9.17) is 14.5 Å². The fourth-order valence-electron chi connectivity index (χ4n) is 5.05. The summed E-state index contributed by atoms with van der Waals surface area (Å²) in [5.74, 6) is 0.505. The normalized spacial score (nSPS) is 20.3. The van der Waals surface area contributed by atoms with Crippen LogP contribution in [0.1, 0.15) is 47.4 Å². The van der Waals surface area contributed by atoms with Gasteiger partial charge >= 0.3 is 0 Å². The molecule has 2 fully saturated rings. The number of benzene rings is 1. The highest BCUT2D eigenvalue weighted by molar-refractivity contribution is 7.99. The Hall–Kier alpha value is -2.35. The topological polar surface area (TPSA) is 58.3 Å². The van der Waals surface area contributed by atoms with Crippen molar-refractivity contribution in [3.05, 3.63) is 59.5 Å². The maximum absolute atomic E-state index is 13.2. The van der Waals surface area contributed by atoms with Gasteiger partial charge in [-0.1, -0.05) is 42.1 Å². The molecule has 2 aliphatic rings. The number of carbonyl (C=O) groups is 1. The number of nitrogens with zero attached hydrogens (tertiary/aromatic N) is 3. The monoisotopic (exact) mass is 479 g/mol. The van der Waals surface area contributed by atoms with E-state index in [0.717, 1.165) is 85.4 Å². The molecule has 6 nitrogen and oxygen atoms in total. The van der Waals surface area contributed by atoms with Crippen LogP contribution in [0.4, 0.5) is 0 Å². The molecule has 0 bridgehead atoms. The summed E-state index contributed by atoms with van der Waals surface area (Å²) in [6.45, 7) is 7.37. The van der Waals surface area contributed by atoms with Gasteiger partial charge < -0.3 is 18.6 Å². The summed E-state index contributed by atoms with van der Waals surface area (Å²) >= 11 is 1.52. The third kappa shape index (κ3) is 5.02. The molecule has 0 radical (unpaired) electrons. The summed E-state index contributed by atoms with van der Waals surface area (Å²) in [7, 11) is 0. The predicted molar refractivity (Wildman–Crippen MR) is 135 cm³/mol. The molecule has 0 saturated carbocycles. The van der Waals surface area contributed by atoms with Gasteiger partial charge in [0.2, 0.25) is 0 Å². The fourth-order valence-corrected chi connectivity index (χ4v) is 5.92. The third-order valence-electron chi connectivity index (χ3n) is 6.92. The van der Waals surface area contributed by atoms with Crippen molar-refractivity contribution in [3.63, 3.8) is 0 Å². The van der Waals surface area contributed by atoms with Gasteiger partial charge in [0, 0.05) is 36.7 Å². The SMILES string of the molecule is Cc1cc(C(=O)CSc2ncc(-c3ccccc3)n2CC2CCCO2)c(C)n1CC1CCCO1. The lowest BCUT2D eigenvalue weighted by molar-refractivity contribution is 0.0953. The number of aryl methyl sites for hydroxylation is 1. The van der Waals surface area contributed by atoms with Gasteiger partial charge in [0.1, 0.15) is 0 Å². The van der Waals surface area contributed by atoms with Gasteiger partial charge in [-0.2, -0.15) is 0 Å². The summed E-state index contributed by atoms with van der Waals surface area (Å²) in [4.78, 5) is 18.0. The Kier molecular flexibility index (Phi) is 7.23. The van der Waals surface area contributed by atoms with Crippen LogP contribution >= 0.6 is 11.8 Å². The first-order valence-corrected chi connectivity index (χ1v) is 13.3. The Morgan fingerprint density at radius 3 is 2.35 bits per heavy atom. The number of imidazole rings is 1. The first-order chi connectivity index (χ1) is 16.6. The van der Waals surface area contributed by atoms with E-state index in [9.17, 15) is 4.79 Å². The number of ether oxygens (including phenoxy) is 2. The van der Waals surface area contributed by atoms with Crippen molar-refractivity contribution < 1.29 is 14.3 Å². The fraction of sp³-hybridized carbons (Fsp3) is 0.481. The van der Waals surface area contributed by atoms with E-state index >= 15 is 0 Å². The minimum absolute atomic E-state index is 0.143. The van der Waals surface area contributed by atoms with Gasteiger partial charge in [0.05, 0.1) is 36.4 Å². The van der Waals surface area contributed by atoms with Crippen molar-refractivity contribution in [2.75, 3.05) is 19.0 Å². The van der Waals surface area contributed by atoms with Crippen LogP contribution in [0.5, 0.6) is 0 Å². The molecule has 0 aliphatic carbocycles. The largest absolute Gasteiger partial charge is 0.376 e. The Labute approximate surface area is 205 Å². The van der Waals surface area contributed by atoms with E-state index in [1.54, 1.807) is 0 Å². The lowest BCUT2D eigenvalue weighted by Crippen LogP contribution is -2.17. The standard InChI is InChI=1S/C27H33N3O3S/c1-19-14-24(20(2)29(19)16-22-10-6-12-32-22)26(31)18-34-27-28-15-25(21-8-4-3-5-9-21)30(27)17-23-11-7-13-33-23/h3-5,8-9,14-15,22-23H,6-7,10-13,16-18H2,1-2H3. The maximum atomic E-state index is 13.2. The van der Waals surface area contributed by atoms with Gasteiger partial charge in [-0.25, -0.2) is 4.98 Å². The van der Waals surface area contributed by atoms with Gasteiger partial charge in [0.25, 0.3) is 0 Å². The zero-order valence-corrected chi connectivity index (χ0v) is 20.9. The van der Waals surface area contributed by atoms with E-state index in [2.05, 4.69) is 28.2 Å². The summed E-state index contributed by atoms with van der Waals surface area (Å²) in [5, 5.41) is 0.871. The molecule has 3 aromatic rings. The van der Waals surface area contributed by atoms with Crippen molar-refractivity contribution in [1.82, 2.24) is 14.1 Å². The lowest BCUT2D eigenvalue weighted by Gasteiger charge is -2.16. The maximum Gasteiger partial charge on any atom is 0.175 e. The molecule has 4 heterocycles. The Balaban J connectivity index is 1.32. The first-order valence-electron chi connectivity index (χ1n) is 12.3. The average Bonchev–Trinajstić information content (AvgIpc) is 3.65. The molecule has 1 aromatic carbocycles. The third-order valence-corrected chi connectivity index (χ3v) is 7.91. The van der Waals surface area contributed by atoms with Crippen molar-refractivity contribution >= 4 is 17.5 Å². The molecule has 2 saturated heterocycles. The molecule has 5 rings (SSSR count). The predicted octanol–water partition coefficient (Wildman–Crippen LogP) is 5.30.